The first kappa shape index (κ1) is 19.3. The van der Waals surface area contributed by atoms with Gasteiger partial charge in [0.05, 0.1) is 11.4 Å². The van der Waals surface area contributed by atoms with E-state index in [4.69, 9.17) is 0 Å². The molecule has 26 heavy (non-hydrogen) atoms. The summed E-state index contributed by atoms with van der Waals surface area (Å²) in [7, 11) is -3.61. The maximum Gasteiger partial charge on any atom is 0.243 e. The quantitative estimate of drug-likeness (QED) is 0.838. The molecule has 1 N–H and O–H groups in total. The number of hydrogen-bond donors (Lipinski definition) is 1. The van der Waals surface area contributed by atoms with Crippen molar-refractivity contribution < 1.29 is 17.6 Å². The van der Waals surface area contributed by atoms with E-state index in [0.29, 0.717) is 32.7 Å². The monoisotopic (exact) mass is 383 g/mol. The maximum absolute atomic E-state index is 13.0. The van der Waals surface area contributed by atoms with Gasteiger partial charge in [-0.3, -0.25) is 9.69 Å². The fourth-order valence-electron chi connectivity index (χ4n) is 3.61. The van der Waals surface area contributed by atoms with E-state index < -0.39 is 15.8 Å². The minimum Gasteiger partial charge on any atom is -0.352 e. The summed E-state index contributed by atoms with van der Waals surface area (Å²) in [5, 5.41) is 3.09. The van der Waals surface area contributed by atoms with Crippen LogP contribution in [-0.2, 0) is 14.8 Å². The summed E-state index contributed by atoms with van der Waals surface area (Å²) in [4.78, 5) is 14.3. The summed E-state index contributed by atoms with van der Waals surface area (Å²) in [5.74, 6) is -0.440. The maximum atomic E-state index is 13.0. The van der Waals surface area contributed by atoms with Crippen molar-refractivity contribution in [2.75, 3.05) is 32.7 Å². The van der Waals surface area contributed by atoms with Crippen LogP contribution in [0.2, 0.25) is 0 Å². The Bertz CT molecular complexity index is 710. The molecule has 1 aromatic rings. The molecule has 1 amide bonds. The fourth-order valence-corrected chi connectivity index (χ4v) is 5.03. The predicted molar refractivity (Wildman–Crippen MR) is 96.6 cm³/mol. The van der Waals surface area contributed by atoms with Gasteiger partial charge in [0.1, 0.15) is 5.82 Å². The molecule has 1 heterocycles. The van der Waals surface area contributed by atoms with Gasteiger partial charge in [-0.1, -0.05) is 19.3 Å². The van der Waals surface area contributed by atoms with E-state index in [0.717, 1.165) is 25.0 Å². The van der Waals surface area contributed by atoms with Gasteiger partial charge in [0.2, 0.25) is 15.9 Å². The molecule has 1 aromatic carbocycles. The molecule has 2 aliphatic rings. The number of sulfonamides is 1. The number of carbonyl (C=O) groups is 1. The number of nitrogens with one attached hydrogen (secondary N) is 1. The Balaban J connectivity index is 1.49. The Hall–Kier alpha value is -1.51. The third-order valence-corrected chi connectivity index (χ3v) is 7.03. The fraction of sp³-hybridized carbons (Fsp3) is 0.611. The van der Waals surface area contributed by atoms with Crippen molar-refractivity contribution >= 4 is 15.9 Å². The molecule has 2 fully saturated rings. The summed E-state index contributed by atoms with van der Waals surface area (Å²) in [6.07, 6.45) is 5.69. The van der Waals surface area contributed by atoms with Crippen molar-refractivity contribution in [3.63, 3.8) is 0 Å². The van der Waals surface area contributed by atoms with Gasteiger partial charge >= 0.3 is 0 Å². The van der Waals surface area contributed by atoms with Crippen LogP contribution in [0.15, 0.2) is 29.2 Å². The predicted octanol–water partition coefficient (Wildman–Crippen LogP) is 1.58. The van der Waals surface area contributed by atoms with Crippen LogP contribution in [0.4, 0.5) is 4.39 Å². The first-order valence-corrected chi connectivity index (χ1v) is 10.7. The molecule has 1 saturated heterocycles. The number of nitrogens with zero attached hydrogens (tertiary/aromatic N) is 2. The minimum absolute atomic E-state index is 0.0201. The van der Waals surface area contributed by atoms with Crippen molar-refractivity contribution in [3.05, 3.63) is 30.1 Å². The van der Waals surface area contributed by atoms with Crippen LogP contribution in [0.1, 0.15) is 32.1 Å². The molecule has 0 spiro atoms. The molecule has 8 heteroatoms. The molecule has 1 aliphatic heterocycles. The van der Waals surface area contributed by atoms with Crippen LogP contribution in [0.5, 0.6) is 0 Å². The molecular formula is C18H26FN3O3S. The Kier molecular flexibility index (Phi) is 6.26. The van der Waals surface area contributed by atoms with E-state index in [1.54, 1.807) is 0 Å². The summed E-state index contributed by atoms with van der Waals surface area (Å²) in [6.45, 7) is 1.99. The molecule has 3 rings (SSSR count). The third kappa shape index (κ3) is 4.81. The van der Waals surface area contributed by atoms with Crippen molar-refractivity contribution in [3.8, 4) is 0 Å². The van der Waals surface area contributed by atoms with Crippen LogP contribution in [0.25, 0.3) is 0 Å². The van der Waals surface area contributed by atoms with Gasteiger partial charge in [-0.15, -0.1) is 0 Å². The highest BCUT2D eigenvalue weighted by atomic mass is 32.2. The van der Waals surface area contributed by atoms with Gasteiger partial charge < -0.3 is 5.32 Å². The standard InChI is InChI=1S/C18H26FN3O3S/c19-15-6-8-17(9-7-15)26(24,25)22-12-10-21(11-13-22)14-18(23)20-16-4-2-1-3-5-16/h6-9,16H,1-5,10-14H2,(H,20,23). The Morgan fingerprint density at radius 3 is 2.27 bits per heavy atom. The van der Waals surface area contributed by atoms with Crippen LogP contribution >= 0.6 is 0 Å². The van der Waals surface area contributed by atoms with Crippen molar-refractivity contribution in [2.45, 2.75) is 43.0 Å². The molecule has 0 atom stereocenters. The highest BCUT2D eigenvalue weighted by molar-refractivity contribution is 7.89. The number of hydrogen-bond acceptors (Lipinski definition) is 4. The smallest absolute Gasteiger partial charge is 0.243 e. The topological polar surface area (TPSA) is 69.7 Å². The van der Waals surface area contributed by atoms with Crippen LogP contribution in [0, 0.1) is 5.82 Å². The summed E-state index contributed by atoms with van der Waals surface area (Å²) in [6, 6.07) is 5.16. The molecule has 1 aliphatic carbocycles. The number of carbonyl (C=O) groups excluding carboxylic acids is 1. The van der Waals surface area contributed by atoms with Crippen molar-refractivity contribution in [2.24, 2.45) is 0 Å². The summed E-state index contributed by atoms with van der Waals surface area (Å²) >= 11 is 0. The second-order valence-corrected chi connectivity index (χ2v) is 8.97. The molecule has 1 saturated carbocycles. The zero-order valence-corrected chi connectivity index (χ0v) is 15.7. The average Bonchev–Trinajstić information content (AvgIpc) is 2.63. The SMILES string of the molecule is O=C(CN1CCN(S(=O)(=O)c2ccc(F)cc2)CC1)NC1CCCCC1. The van der Waals surface area contributed by atoms with Crippen LogP contribution < -0.4 is 5.32 Å². The van der Waals surface area contributed by atoms with Gasteiger partial charge in [0.15, 0.2) is 0 Å². The summed E-state index contributed by atoms with van der Waals surface area (Å²) in [5.41, 5.74) is 0. The highest BCUT2D eigenvalue weighted by Crippen LogP contribution is 2.19. The molecule has 0 unspecified atom stereocenters. The van der Waals surface area contributed by atoms with Gasteiger partial charge in [0.25, 0.3) is 0 Å². The van der Waals surface area contributed by atoms with E-state index in [1.807, 2.05) is 4.90 Å². The normalized spacial score (nSPS) is 20.8. The first-order chi connectivity index (χ1) is 12.4. The molecular weight excluding hydrogens is 357 g/mol. The average molecular weight is 383 g/mol. The highest BCUT2D eigenvalue weighted by Gasteiger charge is 2.29. The van der Waals surface area contributed by atoms with E-state index in [-0.39, 0.29) is 16.8 Å². The Morgan fingerprint density at radius 1 is 1.04 bits per heavy atom. The van der Waals surface area contributed by atoms with Crippen LogP contribution in [-0.4, -0.2) is 62.3 Å². The zero-order chi connectivity index (χ0) is 18.6. The van der Waals surface area contributed by atoms with Crippen molar-refractivity contribution in [1.29, 1.82) is 0 Å². The molecule has 0 aromatic heterocycles. The number of rotatable bonds is 5. The van der Waals surface area contributed by atoms with Gasteiger partial charge in [-0.25, -0.2) is 12.8 Å². The van der Waals surface area contributed by atoms with Crippen molar-refractivity contribution in [1.82, 2.24) is 14.5 Å². The number of amides is 1. The summed E-state index contributed by atoms with van der Waals surface area (Å²) < 4.78 is 39.6. The van der Waals surface area contributed by atoms with Gasteiger partial charge in [-0.2, -0.15) is 4.31 Å². The first-order valence-electron chi connectivity index (χ1n) is 9.22. The van der Waals surface area contributed by atoms with Gasteiger partial charge in [-0.05, 0) is 37.1 Å². The second-order valence-electron chi connectivity index (χ2n) is 7.04. The van der Waals surface area contributed by atoms with Crippen LogP contribution in [0.3, 0.4) is 0 Å². The lowest BCUT2D eigenvalue weighted by Crippen LogP contribution is -2.51. The van der Waals surface area contributed by atoms with E-state index in [9.17, 15) is 17.6 Å². The Morgan fingerprint density at radius 2 is 1.65 bits per heavy atom. The molecule has 144 valence electrons. The Labute approximate surface area is 154 Å². The lowest BCUT2D eigenvalue weighted by Gasteiger charge is -2.34. The van der Waals surface area contributed by atoms with Gasteiger partial charge in [0, 0.05) is 32.2 Å². The molecule has 0 bridgehead atoms. The van der Waals surface area contributed by atoms with E-state index >= 15 is 0 Å². The molecule has 6 nitrogen and oxygen atoms in total. The zero-order valence-electron chi connectivity index (χ0n) is 14.9. The third-order valence-electron chi connectivity index (χ3n) is 5.12. The number of piperazine rings is 1. The number of halogens is 1. The lowest BCUT2D eigenvalue weighted by molar-refractivity contribution is -0.123. The lowest BCUT2D eigenvalue weighted by atomic mass is 9.95. The minimum atomic E-state index is -3.61. The van der Waals surface area contributed by atoms with E-state index in [1.165, 1.54) is 35.7 Å². The molecule has 0 radical (unpaired) electrons. The largest absolute Gasteiger partial charge is 0.352 e. The number of benzene rings is 1. The van der Waals surface area contributed by atoms with E-state index in [2.05, 4.69) is 5.32 Å². The second kappa shape index (κ2) is 8.45.